The summed E-state index contributed by atoms with van der Waals surface area (Å²) < 4.78 is 6.12. The van der Waals surface area contributed by atoms with Crippen LogP contribution in [0, 0.1) is 5.92 Å². The van der Waals surface area contributed by atoms with E-state index in [-0.39, 0.29) is 23.2 Å². The minimum absolute atomic E-state index is 0.0444. The van der Waals surface area contributed by atoms with Crippen LogP contribution in [-0.2, 0) is 6.54 Å². The number of benzene rings is 1. The number of hydrogen-bond donors (Lipinski definition) is 2. The van der Waals surface area contributed by atoms with E-state index in [1.54, 1.807) is 6.21 Å². The molecule has 3 heterocycles. The van der Waals surface area contributed by atoms with E-state index in [2.05, 4.69) is 43.0 Å². The zero-order valence-corrected chi connectivity index (χ0v) is 18.2. The van der Waals surface area contributed by atoms with Gasteiger partial charge in [-0.25, -0.2) is 10.1 Å². The summed E-state index contributed by atoms with van der Waals surface area (Å²) in [6, 6.07) is 9.92. The molecule has 1 fully saturated rings. The van der Waals surface area contributed by atoms with Gasteiger partial charge in [0.2, 0.25) is 11.6 Å². The van der Waals surface area contributed by atoms with Gasteiger partial charge in [-0.05, 0) is 47.7 Å². The summed E-state index contributed by atoms with van der Waals surface area (Å²) in [7, 11) is 0. The summed E-state index contributed by atoms with van der Waals surface area (Å²) in [4.78, 5) is 15.2. The maximum Gasteiger partial charge on any atom is 0.293 e. The molecule has 1 aliphatic rings. The monoisotopic (exact) mass is 437 g/mol. The molecule has 0 aliphatic carbocycles. The molecule has 1 saturated heterocycles. The number of carbonyl (C=O) groups is 1. The van der Waals surface area contributed by atoms with Gasteiger partial charge in [-0.1, -0.05) is 49.4 Å². The van der Waals surface area contributed by atoms with Gasteiger partial charge in [-0.2, -0.15) is 9.78 Å². The average Bonchev–Trinajstić information content (AvgIpc) is 3.41. The van der Waals surface area contributed by atoms with Crippen LogP contribution in [0.25, 0.3) is 5.82 Å². The van der Waals surface area contributed by atoms with Crippen molar-refractivity contribution in [3.8, 4) is 5.82 Å². The minimum Gasteiger partial charge on any atom is -0.378 e. The lowest BCUT2D eigenvalue weighted by molar-refractivity contribution is 0.0946. The highest BCUT2D eigenvalue weighted by atomic mass is 16.6. The molecule has 4 rings (SSSR count). The lowest BCUT2D eigenvalue weighted by Crippen LogP contribution is -2.34. The highest BCUT2D eigenvalue weighted by Crippen LogP contribution is 2.21. The van der Waals surface area contributed by atoms with Crippen molar-refractivity contribution < 1.29 is 9.42 Å². The van der Waals surface area contributed by atoms with Gasteiger partial charge in [-0.3, -0.25) is 9.69 Å². The molecule has 11 nitrogen and oxygen atoms in total. The first-order valence-corrected chi connectivity index (χ1v) is 10.7. The third-order valence-electron chi connectivity index (χ3n) is 5.71. The van der Waals surface area contributed by atoms with Crippen LogP contribution in [-0.4, -0.2) is 55.4 Å². The van der Waals surface area contributed by atoms with Crippen molar-refractivity contribution in [1.29, 1.82) is 0 Å². The molecule has 0 radical (unpaired) electrons. The number of nitrogens with two attached hydrogens (primary N) is 1. The largest absolute Gasteiger partial charge is 0.378 e. The number of nitrogen functional groups attached to an aromatic ring is 1. The number of aromatic nitrogens is 5. The summed E-state index contributed by atoms with van der Waals surface area (Å²) >= 11 is 0. The van der Waals surface area contributed by atoms with Crippen LogP contribution in [0.2, 0.25) is 0 Å². The first-order valence-electron chi connectivity index (χ1n) is 10.7. The van der Waals surface area contributed by atoms with Gasteiger partial charge < -0.3 is 5.73 Å². The van der Waals surface area contributed by atoms with E-state index in [1.165, 1.54) is 4.68 Å². The molecule has 0 spiro atoms. The van der Waals surface area contributed by atoms with Crippen LogP contribution >= 0.6 is 0 Å². The fraction of sp³-hybridized carbons (Fsp3) is 0.429. The van der Waals surface area contributed by atoms with E-state index >= 15 is 0 Å². The van der Waals surface area contributed by atoms with Crippen molar-refractivity contribution >= 4 is 17.9 Å². The van der Waals surface area contributed by atoms with Crippen molar-refractivity contribution in [2.45, 2.75) is 39.2 Å². The molecule has 32 heavy (non-hydrogen) atoms. The second kappa shape index (κ2) is 9.69. The zero-order valence-electron chi connectivity index (χ0n) is 18.2. The number of hydrogen-bond acceptors (Lipinski definition) is 9. The number of rotatable bonds is 7. The highest BCUT2D eigenvalue weighted by Gasteiger charge is 2.26. The molecular weight excluding hydrogens is 410 g/mol. The Balaban J connectivity index is 1.53. The van der Waals surface area contributed by atoms with Crippen LogP contribution in [0.3, 0.4) is 0 Å². The van der Waals surface area contributed by atoms with Crippen molar-refractivity contribution in [3.63, 3.8) is 0 Å². The summed E-state index contributed by atoms with van der Waals surface area (Å²) in [5.41, 5.74) is 10.2. The minimum atomic E-state index is -0.455. The van der Waals surface area contributed by atoms with Gasteiger partial charge in [0.1, 0.15) is 0 Å². The Bertz CT molecular complexity index is 1070. The maximum absolute atomic E-state index is 12.9. The highest BCUT2D eigenvalue weighted by molar-refractivity contribution is 5.93. The van der Waals surface area contributed by atoms with Gasteiger partial charge >= 0.3 is 0 Å². The van der Waals surface area contributed by atoms with Crippen LogP contribution in [0.15, 0.2) is 40.1 Å². The number of anilines is 1. The molecule has 1 atom stereocenters. The number of amides is 1. The SMILES string of the molecule is CC1CCN(Cc2c(C(=O)NN=CC(C)c3ccccc3)nnn2-c2nonc2N)CC1. The van der Waals surface area contributed by atoms with E-state index in [0.717, 1.165) is 31.5 Å². The van der Waals surface area contributed by atoms with Gasteiger partial charge in [0.15, 0.2) is 5.69 Å². The van der Waals surface area contributed by atoms with Crippen LogP contribution in [0.1, 0.15) is 54.4 Å². The normalized spacial score (nSPS) is 16.4. The standard InChI is InChI=1S/C21H27N9O2/c1-14-8-10-29(11-9-14)13-17-18(24-28-30(17)20-19(22)26-32-27-20)21(31)25-23-12-15(2)16-6-4-3-5-7-16/h3-7,12,14-15H,8-11,13H2,1-2H3,(H2,22,26)(H,25,31). The lowest BCUT2D eigenvalue weighted by atomic mass is 9.99. The van der Waals surface area contributed by atoms with E-state index in [4.69, 9.17) is 10.4 Å². The number of piperidine rings is 1. The average molecular weight is 438 g/mol. The molecule has 3 N–H and O–H groups in total. The molecule has 1 aliphatic heterocycles. The number of hydrazone groups is 1. The third-order valence-corrected chi connectivity index (χ3v) is 5.71. The molecule has 2 aromatic heterocycles. The fourth-order valence-electron chi connectivity index (χ4n) is 3.66. The molecule has 0 bridgehead atoms. The summed E-state index contributed by atoms with van der Waals surface area (Å²) in [6.45, 7) is 6.57. The number of likely N-dealkylation sites (tertiary alicyclic amines) is 1. The number of nitrogens with one attached hydrogen (secondary N) is 1. The maximum atomic E-state index is 12.9. The topological polar surface area (TPSA) is 140 Å². The van der Waals surface area contributed by atoms with E-state index in [0.29, 0.717) is 18.2 Å². The van der Waals surface area contributed by atoms with Gasteiger partial charge in [0, 0.05) is 18.7 Å². The zero-order chi connectivity index (χ0) is 22.5. The van der Waals surface area contributed by atoms with Crippen molar-refractivity contribution in [2.75, 3.05) is 18.8 Å². The predicted molar refractivity (Wildman–Crippen MR) is 118 cm³/mol. The Hall–Kier alpha value is -3.60. The molecule has 1 unspecified atom stereocenters. The Morgan fingerprint density at radius 3 is 2.75 bits per heavy atom. The predicted octanol–water partition coefficient (Wildman–Crippen LogP) is 1.98. The van der Waals surface area contributed by atoms with E-state index < -0.39 is 5.91 Å². The Morgan fingerprint density at radius 1 is 1.31 bits per heavy atom. The van der Waals surface area contributed by atoms with Crippen molar-refractivity contribution in [1.82, 2.24) is 35.6 Å². The molecular formula is C21H27N9O2. The summed E-state index contributed by atoms with van der Waals surface area (Å²) in [6.07, 6.45) is 3.87. The van der Waals surface area contributed by atoms with Gasteiger partial charge in [0.05, 0.1) is 5.69 Å². The Morgan fingerprint density at radius 2 is 2.06 bits per heavy atom. The van der Waals surface area contributed by atoms with Crippen molar-refractivity contribution in [3.05, 3.63) is 47.3 Å². The first kappa shape index (κ1) is 21.6. The van der Waals surface area contributed by atoms with Crippen LogP contribution < -0.4 is 11.2 Å². The third kappa shape index (κ3) is 4.83. The van der Waals surface area contributed by atoms with Gasteiger partial charge in [0.25, 0.3) is 5.91 Å². The van der Waals surface area contributed by atoms with E-state index in [9.17, 15) is 4.79 Å². The molecule has 3 aromatic rings. The second-order valence-electron chi connectivity index (χ2n) is 8.15. The molecule has 11 heteroatoms. The van der Waals surface area contributed by atoms with Gasteiger partial charge in [-0.15, -0.1) is 5.10 Å². The smallest absolute Gasteiger partial charge is 0.293 e. The van der Waals surface area contributed by atoms with Crippen LogP contribution in [0.5, 0.6) is 0 Å². The molecule has 0 saturated carbocycles. The molecule has 168 valence electrons. The summed E-state index contributed by atoms with van der Waals surface area (Å²) in [5, 5.41) is 19.7. The second-order valence-corrected chi connectivity index (χ2v) is 8.15. The molecule has 1 aromatic carbocycles. The fourth-order valence-corrected chi connectivity index (χ4v) is 3.66. The Labute approximate surface area is 185 Å². The number of carbonyl (C=O) groups excluding carboxylic acids is 1. The molecule has 1 amide bonds. The van der Waals surface area contributed by atoms with Crippen molar-refractivity contribution in [2.24, 2.45) is 11.0 Å². The quantitative estimate of drug-likeness (QED) is 0.422. The van der Waals surface area contributed by atoms with Crippen LogP contribution in [0.4, 0.5) is 5.82 Å². The van der Waals surface area contributed by atoms with E-state index in [1.807, 2.05) is 37.3 Å². The lowest BCUT2D eigenvalue weighted by Gasteiger charge is -2.30. The number of nitrogens with zero attached hydrogens (tertiary/aromatic N) is 7. The summed E-state index contributed by atoms with van der Waals surface area (Å²) in [5.74, 6) is 0.558. The Kier molecular flexibility index (Phi) is 6.55. The first-order chi connectivity index (χ1) is 15.5.